The van der Waals surface area contributed by atoms with E-state index >= 15 is 0 Å². The van der Waals surface area contributed by atoms with Gasteiger partial charge >= 0.3 is 0 Å². The van der Waals surface area contributed by atoms with E-state index in [9.17, 15) is 9.90 Å². The molecule has 19 heavy (non-hydrogen) atoms. The third kappa shape index (κ3) is 2.71. The molecular weight excluding hydrogens is 260 g/mol. The van der Waals surface area contributed by atoms with Crippen LogP contribution in [0.25, 0.3) is 0 Å². The SMILES string of the molecule is Cc1ccc(C(=O)NC2(C(N)=S)CCCC2)cc1O. The Morgan fingerprint density at radius 3 is 2.58 bits per heavy atom. The van der Waals surface area contributed by atoms with Gasteiger partial charge in [-0.05, 0) is 37.5 Å². The van der Waals surface area contributed by atoms with Crippen molar-refractivity contribution in [3.8, 4) is 5.75 Å². The van der Waals surface area contributed by atoms with Crippen molar-refractivity contribution in [3.05, 3.63) is 29.3 Å². The van der Waals surface area contributed by atoms with Crippen LogP contribution in [0.1, 0.15) is 41.6 Å². The van der Waals surface area contributed by atoms with Crippen LogP contribution in [-0.2, 0) is 0 Å². The largest absolute Gasteiger partial charge is 0.508 e. The Hall–Kier alpha value is -1.62. The van der Waals surface area contributed by atoms with E-state index in [0.29, 0.717) is 10.6 Å². The molecule has 0 saturated heterocycles. The van der Waals surface area contributed by atoms with Crippen LogP contribution in [0, 0.1) is 6.92 Å². The third-order valence-corrected chi connectivity index (χ3v) is 4.14. The Bertz CT molecular complexity index is 522. The summed E-state index contributed by atoms with van der Waals surface area (Å²) < 4.78 is 0. The first-order valence-corrected chi connectivity index (χ1v) is 6.77. The zero-order valence-electron chi connectivity index (χ0n) is 10.9. The zero-order chi connectivity index (χ0) is 14.0. The topological polar surface area (TPSA) is 75.4 Å². The molecule has 1 fully saturated rings. The normalized spacial score (nSPS) is 17.1. The highest BCUT2D eigenvalue weighted by molar-refractivity contribution is 7.80. The average Bonchev–Trinajstić information content (AvgIpc) is 2.82. The van der Waals surface area contributed by atoms with Crippen LogP contribution in [0.5, 0.6) is 5.75 Å². The minimum atomic E-state index is -0.563. The average molecular weight is 278 g/mol. The maximum atomic E-state index is 12.2. The van der Waals surface area contributed by atoms with Gasteiger partial charge in [-0.25, -0.2) is 0 Å². The lowest BCUT2D eigenvalue weighted by Gasteiger charge is -2.29. The van der Waals surface area contributed by atoms with E-state index in [0.717, 1.165) is 31.2 Å². The Morgan fingerprint density at radius 2 is 2.05 bits per heavy atom. The van der Waals surface area contributed by atoms with Gasteiger partial charge in [0.1, 0.15) is 5.75 Å². The third-order valence-electron chi connectivity index (χ3n) is 3.75. The molecule has 0 aliphatic heterocycles. The summed E-state index contributed by atoms with van der Waals surface area (Å²) in [5, 5.41) is 12.6. The van der Waals surface area contributed by atoms with Crippen molar-refractivity contribution < 1.29 is 9.90 Å². The van der Waals surface area contributed by atoms with Crippen molar-refractivity contribution in [3.63, 3.8) is 0 Å². The summed E-state index contributed by atoms with van der Waals surface area (Å²) in [6.45, 7) is 1.78. The molecule has 5 heteroatoms. The van der Waals surface area contributed by atoms with Crippen LogP contribution in [0.15, 0.2) is 18.2 Å². The van der Waals surface area contributed by atoms with Gasteiger partial charge in [-0.1, -0.05) is 31.1 Å². The molecule has 1 saturated carbocycles. The van der Waals surface area contributed by atoms with Crippen molar-refractivity contribution in [2.75, 3.05) is 0 Å². The smallest absolute Gasteiger partial charge is 0.252 e. The van der Waals surface area contributed by atoms with Gasteiger partial charge in [0.05, 0.1) is 10.5 Å². The van der Waals surface area contributed by atoms with Gasteiger partial charge in [-0.15, -0.1) is 0 Å². The van der Waals surface area contributed by atoms with Crippen molar-refractivity contribution in [1.29, 1.82) is 0 Å². The maximum Gasteiger partial charge on any atom is 0.252 e. The highest BCUT2D eigenvalue weighted by atomic mass is 32.1. The predicted molar refractivity (Wildman–Crippen MR) is 78.3 cm³/mol. The molecule has 0 bridgehead atoms. The van der Waals surface area contributed by atoms with Gasteiger partial charge in [-0.3, -0.25) is 4.79 Å². The van der Waals surface area contributed by atoms with Crippen molar-refractivity contribution in [1.82, 2.24) is 5.32 Å². The van der Waals surface area contributed by atoms with Crippen molar-refractivity contribution in [2.45, 2.75) is 38.1 Å². The molecule has 0 spiro atoms. The van der Waals surface area contributed by atoms with E-state index < -0.39 is 5.54 Å². The lowest BCUT2D eigenvalue weighted by molar-refractivity contribution is 0.0924. The van der Waals surface area contributed by atoms with Crippen molar-refractivity contribution >= 4 is 23.1 Å². The van der Waals surface area contributed by atoms with Crippen LogP contribution in [0.3, 0.4) is 0 Å². The fraction of sp³-hybridized carbons (Fsp3) is 0.429. The standard InChI is InChI=1S/C14H18N2O2S/c1-9-4-5-10(8-11(9)17)12(18)16-14(13(15)19)6-2-3-7-14/h4-5,8,17H,2-3,6-7H2,1H3,(H2,15,19)(H,16,18). The zero-order valence-corrected chi connectivity index (χ0v) is 11.7. The molecule has 0 aromatic heterocycles. The number of thiocarbonyl (C=S) groups is 1. The fourth-order valence-electron chi connectivity index (χ4n) is 2.45. The van der Waals surface area contributed by atoms with Gasteiger partial charge in [0, 0.05) is 5.56 Å². The van der Waals surface area contributed by atoms with E-state index in [1.54, 1.807) is 19.1 Å². The molecule has 2 rings (SSSR count). The number of rotatable bonds is 3. The molecule has 0 atom stereocenters. The fourth-order valence-corrected chi connectivity index (χ4v) is 2.71. The molecule has 0 heterocycles. The highest BCUT2D eigenvalue weighted by Gasteiger charge is 2.38. The number of hydrogen-bond acceptors (Lipinski definition) is 3. The summed E-state index contributed by atoms with van der Waals surface area (Å²) in [4.78, 5) is 12.6. The first-order chi connectivity index (χ1) is 8.94. The molecule has 4 nitrogen and oxygen atoms in total. The van der Waals surface area contributed by atoms with E-state index in [-0.39, 0.29) is 11.7 Å². The van der Waals surface area contributed by atoms with E-state index in [1.807, 2.05) is 0 Å². The highest BCUT2D eigenvalue weighted by Crippen LogP contribution is 2.30. The van der Waals surface area contributed by atoms with E-state index in [1.165, 1.54) is 6.07 Å². The summed E-state index contributed by atoms with van der Waals surface area (Å²) in [5.74, 6) is -0.131. The Morgan fingerprint density at radius 1 is 1.42 bits per heavy atom. The number of carbonyl (C=O) groups excluding carboxylic acids is 1. The second-order valence-corrected chi connectivity index (χ2v) is 5.55. The number of nitrogens with two attached hydrogens (primary N) is 1. The Kier molecular flexibility index (Phi) is 3.75. The van der Waals surface area contributed by atoms with Crippen molar-refractivity contribution in [2.24, 2.45) is 5.73 Å². The molecule has 1 aromatic rings. The molecule has 1 aliphatic rings. The first kappa shape index (κ1) is 13.8. The molecule has 0 radical (unpaired) electrons. The van der Waals surface area contributed by atoms with Gasteiger partial charge in [0.15, 0.2) is 0 Å². The lowest BCUT2D eigenvalue weighted by atomic mass is 9.96. The molecule has 4 N–H and O–H groups in total. The number of phenolic OH excluding ortho intramolecular Hbond substituents is 1. The lowest BCUT2D eigenvalue weighted by Crippen LogP contribution is -2.54. The number of amides is 1. The summed E-state index contributed by atoms with van der Waals surface area (Å²) in [7, 11) is 0. The minimum Gasteiger partial charge on any atom is -0.508 e. The summed E-state index contributed by atoms with van der Waals surface area (Å²) in [6.07, 6.45) is 3.59. The minimum absolute atomic E-state index is 0.114. The second kappa shape index (κ2) is 5.17. The molecule has 1 amide bonds. The number of hydrogen-bond donors (Lipinski definition) is 3. The van der Waals surface area contributed by atoms with Gasteiger partial charge < -0.3 is 16.2 Å². The quantitative estimate of drug-likeness (QED) is 0.740. The predicted octanol–water partition coefficient (Wildman–Crippen LogP) is 2.03. The molecule has 0 unspecified atom stereocenters. The summed E-state index contributed by atoms with van der Waals surface area (Å²) >= 11 is 5.10. The molecule has 102 valence electrons. The number of carbonyl (C=O) groups is 1. The number of nitrogens with one attached hydrogen (secondary N) is 1. The van der Waals surface area contributed by atoms with Gasteiger partial charge in [-0.2, -0.15) is 0 Å². The molecular formula is C14H18N2O2S. The Labute approximate surface area is 118 Å². The first-order valence-electron chi connectivity index (χ1n) is 6.37. The van der Waals surface area contributed by atoms with Crippen LogP contribution < -0.4 is 11.1 Å². The number of phenols is 1. The van der Waals surface area contributed by atoms with Gasteiger partial charge in [0.2, 0.25) is 0 Å². The number of benzene rings is 1. The molecule has 1 aliphatic carbocycles. The van der Waals surface area contributed by atoms with E-state index in [2.05, 4.69) is 5.32 Å². The van der Waals surface area contributed by atoms with Crippen LogP contribution >= 0.6 is 12.2 Å². The molecule has 1 aromatic carbocycles. The maximum absolute atomic E-state index is 12.2. The van der Waals surface area contributed by atoms with E-state index in [4.69, 9.17) is 18.0 Å². The summed E-state index contributed by atoms with van der Waals surface area (Å²) in [6, 6.07) is 4.87. The van der Waals surface area contributed by atoms with Gasteiger partial charge in [0.25, 0.3) is 5.91 Å². The summed E-state index contributed by atoms with van der Waals surface area (Å²) in [5.41, 5.74) is 6.38. The monoisotopic (exact) mass is 278 g/mol. The van der Waals surface area contributed by atoms with Crippen LogP contribution in [0.4, 0.5) is 0 Å². The number of aromatic hydroxyl groups is 1. The number of aryl methyl sites for hydroxylation is 1. The second-order valence-electron chi connectivity index (χ2n) is 5.11. The Balaban J connectivity index is 2.20. The van der Waals surface area contributed by atoms with Crippen LogP contribution in [0.2, 0.25) is 0 Å². The van der Waals surface area contributed by atoms with Crippen LogP contribution in [-0.4, -0.2) is 21.5 Å².